The Balaban J connectivity index is 1.81. The quantitative estimate of drug-likeness (QED) is 0.728. The Labute approximate surface area is 118 Å². The molecule has 0 unspecified atom stereocenters. The van der Waals surface area contributed by atoms with Crippen LogP contribution >= 0.6 is 11.8 Å². The van der Waals surface area contributed by atoms with E-state index >= 15 is 0 Å². The second kappa shape index (κ2) is 6.61. The topological polar surface area (TPSA) is 61.4 Å². The number of hydrogen-bond donors (Lipinski definition) is 2. The smallest absolute Gasteiger partial charge is 0.311 e. The fourth-order valence-electron chi connectivity index (χ4n) is 2.80. The van der Waals surface area contributed by atoms with Crippen LogP contribution in [0, 0.1) is 0 Å². The lowest BCUT2D eigenvalue weighted by molar-refractivity contribution is -0.146. The monoisotopic (exact) mass is 285 g/mol. The van der Waals surface area contributed by atoms with E-state index in [2.05, 4.69) is 16.9 Å². The molecule has 0 atom stereocenters. The Kier molecular flexibility index (Phi) is 5.10. The van der Waals surface area contributed by atoms with Gasteiger partial charge in [0.05, 0.1) is 0 Å². The number of piperazine rings is 1. The van der Waals surface area contributed by atoms with E-state index in [9.17, 15) is 9.59 Å². The summed E-state index contributed by atoms with van der Waals surface area (Å²) in [7, 11) is 0. The van der Waals surface area contributed by atoms with Gasteiger partial charge in [-0.2, -0.15) is 11.8 Å². The zero-order chi connectivity index (χ0) is 13.7. The molecule has 1 heterocycles. The third kappa shape index (κ3) is 3.63. The van der Waals surface area contributed by atoms with E-state index in [1.807, 2.05) is 11.8 Å². The fourth-order valence-corrected chi connectivity index (χ4v) is 3.71. The van der Waals surface area contributed by atoms with Gasteiger partial charge in [-0.05, 0) is 19.1 Å². The van der Waals surface area contributed by atoms with Gasteiger partial charge in [0.2, 0.25) is 0 Å². The van der Waals surface area contributed by atoms with E-state index in [0.29, 0.717) is 19.6 Å². The molecule has 2 amide bonds. The first-order valence-electron chi connectivity index (χ1n) is 7.00. The van der Waals surface area contributed by atoms with Crippen molar-refractivity contribution in [1.29, 1.82) is 0 Å². The highest BCUT2D eigenvalue weighted by molar-refractivity contribution is 8.00. The second-order valence-electron chi connectivity index (χ2n) is 5.32. The standard InChI is InChI=1S/C13H23N3O2S/c1-19-13(4-2-3-5-13)10-15-11(17)12(18)16-8-6-14-7-9-16/h14H,2-10H2,1H3,(H,15,17). The molecular formula is C13H23N3O2S. The van der Waals surface area contributed by atoms with E-state index in [0.717, 1.165) is 25.9 Å². The first kappa shape index (κ1) is 14.7. The van der Waals surface area contributed by atoms with Crippen LogP contribution in [0.1, 0.15) is 25.7 Å². The number of rotatable bonds is 3. The molecular weight excluding hydrogens is 262 g/mol. The molecule has 1 aliphatic carbocycles. The van der Waals surface area contributed by atoms with E-state index in [1.54, 1.807) is 4.90 Å². The molecule has 1 saturated carbocycles. The Morgan fingerprint density at radius 1 is 1.26 bits per heavy atom. The summed E-state index contributed by atoms with van der Waals surface area (Å²) >= 11 is 1.82. The molecule has 108 valence electrons. The number of carbonyl (C=O) groups excluding carboxylic acids is 2. The van der Waals surface area contributed by atoms with E-state index in [1.165, 1.54) is 12.8 Å². The molecule has 0 aromatic heterocycles. The summed E-state index contributed by atoms with van der Waals surface area (Å²) in [4.78, 5) is 25.5. The number of nitrogens with zero attached hydrogens (tertiary/aromatic N) is 1. The highest BCUT2D eigenvalue weighted by atomic mass is 32.2. The number of nitrogens with one attached hydrogen (secondary N) is 2. The molecule has 0 bridgehead atoms. The summed E-state index contributed by atoms with van der Waals surface area (Å²) in [6, 6.07) is 0. The van der Waals surface area contributed by atoms with Crippen LogP contribution in [0.15, 0.2) is 0 Å². The third-order valence-corrected chi connectivity index (χ3v) is 5.54. The Hall–Kier alpha value is -0.750. The minimum absolute atomic E-state index is 0.152. The maximum absolute atomic E-state index is 12.0. The van der Waals surface area contributed by atoms with Crippen molar-refractivity contribution in [2.75, 3.05) is 39.0 Å². The molecule has 19 heavy (non-hydrogen) atoms. The molecule has 2 fully saturated rings. The van der Waals surface area contributed by atoms with Crippen LogP contribution in [0.3, 0.4) is 0 Å². The molecule has 5 nitrogen and oxygen atoms in total. The van der Waals surface area contributed by atoms with Crippen molar-refractivity contribution in [3.05, 3.63) is 0 Å². The minimum Gasteiger partial charge on any atom is -0.346 e. The van der Waals surface area contributed by atoms with Crippen molar-refractivity contribution in [3.8, 4) is 0 Å². The average Bonchev–Trinajstić information content (AvgIpc) is 2.94. The molecule has 0 aromatic carbocycles. The molecule has 0 aromatic rings. The highest BCUT2D eigenvalue weighted by Gasteiger charge is 2.34. The van der Waals surface area contributed by atoms with Crippen molar-refractivity contribution in [3.63, 3.8) is 0 Å². The Bertz CT molecular complexity index is 337. The number of thioether (sulfide) groups is 1. The molecule has 1 saturated heterocycles. The van der Waals surface area contributed by atoms with Crippen molar-refractivity contribution >= 4 is 23.6 Å². The van der Waals surface area contributed by atoms with Gasteiger partial charge in [-0.3, -0.25) is 9.59 Å². The summed E-state index contributed by atoms with van der Waals surface area (Å²) in [5, 5.41) is 6.01. The third-order valence-electron chi connectivity index (χ3n) is 4.12. The highest BCUT2D eigenvalue weighted by Crippen LogP contribution is 2.39. The second-order valence-corrected chi connectivity index (χ2v) is 6.59. The van der Waals surface area contributed by atoms with Gasteiger partial charge in [0.25, 0.3) is 0 Å². The van der Waals surface area contributed by atoms with Gasteiger partial charge >= 0.3 is 11.8 Å². The zero-order valence-electron chi connectivity index (χ0n) is 11.5. The number of hydrogen-bond acceptors (Lipinski definition) is 4. The Morgan fingerprint density at radius 2 is 1.89 bits per heavy atom. The molecule has 2 rings (SSSR count). The van der Waals surface area contributed by atoms with Gasteiger partial charge in [-0.1, -0.05) is 12.8 Å². The maximum atomic E-state index is 12.0. The largest absolute Gasteiger partial charge is 0.346 e. The van der Waals surface area contributed by atoms with Crippen molar-refractivity contribution in [1.82, 2.24) is 15.5 Å². The van der Waals surface area contributed by atoms with Crippen LogP contribution in [0.2, 0.25) is 0 Å². The number of amides is 2. The summed E-state index contributed by atoms with van der Waals surface area (Å²) in [5.41, 5.74) is 0. The molecule has 0 radical (unpaired) electrons. The van der Waals surface area contributed by atoms with Crippen LogP contribution in [0.4, 0.5) is 0 Å². The lowest BCUT2D eigenvalue weighted by Gasteiger charge is -2.29. The van der Waals surface area contributed by atoms with Gasteiger partial charge in [0.1, 0.15) is 0 Å². The summed E-state index contributed by atoms with van der Waals surface area (Å²) < 4.78 is 0.152. The summed E-state index contributed by atoms with van der Waals surface area (Å²) in [5.74, 6) is -0.821. The van der Waals surface area contributed by atoms with Crippen LogP contribution in [-0.4, -0.2) is 60.4 Å². The normalized spacial score (nSPS) is 22.3. The van der Waals surface area contributed by atoms with Gasteiger partial charge in [-0.25, -0.2) is 0 Å². The predicted octanol–water partition coefficient (Wildman–Crippen LogP) is 0.210. The van der Waals surface area contributed by atoms with Crippen molar-refractivity contribution in [2.24, 2.45) is 0 Å². The molecule has 0 spiro atoms. The molecule has 2 N–H and O–H groups in total. The molecule has 6 heteroatoms. The van der Waals surface area contributed by atoms with E-state index in [4.69, 9.17) is 0 Å². The first-order chi connectivity index (χ1) is 9.17. The maximum Gasteiger partial charge on any atom is 0.311 e. The van der Waals surface area contributed by atoms with Crippen molar-refractivity contribution < 1.29 is 9.59 Å². The van der Waals surface area contributed by atoms with Gasteiger partial charge in [0, 0.05) is 37.5 Å². The van der Waals surface area contributed by atoms with Crippen LogP contribution in [0.25, 0.3) is 0 Å². The van der Waals surface area contributed by atoms with Crippen LogP contribution in [0.5, 0.6) is 0 Å². The van der Waals surface area contributed by atoms with E-state index < -0.39 is 5.91 Å². The summed E-state index contributed by atoms with van der Waals surface area (Å²) in [6.07, 6.45) is 6.81. The van der Waals surface area contributed by atoms with Gasteiger partial charge in [0.15, 0.2) is 0 Å². The number of carbonyl (C=O) groups is 2. The van der Waals surface area contributed by atoms with Crippen LogP contribution < -0.4 is 10.6 Å². The lowest BCUT2D eigenvalue weighted by atomic mass is 10.1. The van der Waals surface area contributed by atoms with E-state index in [-0.39, 0.29) is 10.7 Å². The average molecular weight is 285 g/mol. The first-order valence-corrected chi connectivity index (χ1v) is 8.22. The lowest BCUT2D eigenvalue weighted by Crippen LogP contribution is -2.52. The van der Waals surface area contributed by atoms with Crippen molar-refractivity contribution in [2.45, 2.75) is 30.4 Å². The zero-order valence-corrected chi connectivity index (χ0v) is 12.4. The predicted molar refractivity (Wildman–Crippen MR) is 77.2 cm³/mol. The Morgan fingerprint density at radius 3 is 2.47 bits per heavy atom. The van der Waals surface area contributed by atoms with Gasteiger partial charge < -0.3 is 15.5 Å². The SMILES string of the molecule is CSC1(CNC(=O)C(=O)N2CCNCC2)CCCC1. The fraction of sp³-hybridized carbons (Fsp3) is 0.846. The van der Waals surface area contributed by atoms with Crippen LogP contribution in [-0.2, 0) is 9.59 Å². The molecule has 2 aliphatic rings. The van der Waals surface area contributed by atoms with Gasteiger partial charge in [-0.15, -0.1) is 0 Å². The summed E-state index contributed by atoms with van der Waals surface area (Å²) in [6.45, 7) is 3.41. The molecule has 1 aliphatic heterocycles. The minimum atomic E-state index is -0.442.